The van der Waals surface area contributed by atoms with Gasteiger partial charge in [-0.2, -0.15) is 0 Å². The highest BCUT2D eigenvalue weighted by molar-refractivity contribution is 5.89. The van der Waals surface area contributed by atoms with Crippen molar-refractivity contribution in [1.82, 2.24) is 10.2 Å². The van der Waals surface area contributed by atoms with E-state index in [9.17, 15) is 14.7 Å². The minimum atomic E-state index is -0.917. The van der Waals surface area contributed by atoms with Crippen molar-refractivity contribution in [2.24, 2.45) is 5.41 Å². The summed E-state index contributed by atoms with van der Waals surface area (Å²) in [6.07, 6.45) is 1.69. The smallest absolute Gasteiger partial charge is 0.245 e. The van der Waals surface area contributed by atoms with E-state index >= 15 is 0 Å². The minimum Gasteiger partial charge on any atom is -0.388 e. The van der Waals surface area contributed by atoms with Crippen LogP contribution in [0.2, 0.25) is 0 Å². The second-order valence-corrected chi connectivity index (χ2v) is 7.29. The molecule has 2 unspecified atom stereocenters. The molecule has 0 aliphatic carbocycles. The molecule has 0 bridgehead atoms. The molecular weight excluding hydrogens is 256 g/mol. The van der Waals surface area contributed by atoms with E-state index in [2.05, 4.69) is 5.32 Å². The zero-order chi connectivity index (χ0) is 15.7. The van der Waals surface area contributed by atoms with Gasteiger partial charge in [-0.15, -0.1) is 0 Å². The fourth-order valence-electron chi connectivity index (χ4n) is 2.49. The molecule has 1 heterocycles. The molecule has 0 aromatic carbocycles. The maximum absolute atomic E-state index is 12.5. The van der Waals surface area contributed by atoms with E-state index in [1.165, 1.54) is 0 Å². The van der Waals surface area contributed by atoms with Gasteiger partial charge in [-0.1, -0.05) is 20.8 Å². The Kier molecular flexibility index (Phi) is 4.85. The van der Waals surface area contributed by atoms with Gasteiger partial charge >= 0.3 is 0 Å². The number of hydrogen-bond acceptors (Lipinski definition) is 3. The third-order valence-electron chi connectivity index (χ3n) is 3.75. The molecule has 0 radical (unpaired) electrons. The minimum absolute atomic E-state index is 0.118. The first-order valence-electron chi connectivity index (χ1n) is 7.28. The Bertz CT molecular complexity index is 380. The molecule has 2 N–H and O–H groups in total. The zero-order valence-electron chi connectivity index (χ0n) is 13.5. The molecule has 0 saturated carbocycles. The molecule has 1 fully saturated rings. The predicted molar refractivity (Wildman–Crippen MR) is 78.1 cm³/mol. The number of nitrogens with one attached hydrogen (secondary N) is 1. The number of nitrogens with zero attached hydrogens (tertiary/aromatic N) is 1. The van der Waals surface area contributed by atoms with Crippen molar-refractivity contribution in [3.8, 4) is 0 Å². The Morgan fingerprint density at radius 1 is 1.25 bits per heavy atom. The average molecular weight is 284 g/mol. The third kappa shape index (κ3) is 3.95. The van der Waals surface area contributed by atoms with Gasteiger partial charge in [0.25, 0.3) is 0 Å². The Morgan fingerprint density at radius 3 is 2.25 bits per heavy atom. The number of amides is 2. The van der Waals surface area contributed by atoms with Crippen LogP contribution in [0.3, 0.4) is 0 Å². The Hall–Kier alpha value is -1.10. The molecule has 116 valence electrons. The quantitative estimate of drug-likeness (QED) is 0.820. The lowest BCUT2D eigenvalue weighted by molar-refractivity contribution is -0.142. The fraction of sp³-hybridized carbons (Fsp3) is 0.867. The molecule has 5 heteroatoms. The average Bonchev–Trinajstić information content (AvgIpc) is 2.74. The van der Waals surface area contributed by atoms with Crippen LogP contribution in [0.4, 0.5) is 0 Å². The topological polar surface area (TPSA) is 69.6 Å². The van der Waals surface area contributed by atoms with Crippen LogP contribution in [0.5, 0.6) is 0 Å². The number of rotatable bonds is 3. The van der Waals surface area contributed by atoms with E-state index in [1.54, 1.807) is 25.7 Å². The van der Waals surface area contributed by atoms with Gasteiger partial charge in [0, 0.05) is 12.0 Å². The van der Waals surface area contributed by atoms with Crippen LogP contribution in [-0.2, 0) is 9.59 Å². The lowest BCUT2D eigenvalue weighted by Crippen LogP contribution is -2.55. The second-order valence-electron chi connectivity index (χ2n) is 7.29. The summed E-state index contributed by atoms with van der Waals surface area (Å²) < 4.78 is 0. The van der Waals surface area contributed by atoms with E-state index in [4.69, 9.17) is 0 Å². The van der Waals surface area contributed by atoms with Crippen LogP contribution in [-0.4, -0.2) is 46.1 Å². The molecule has 2 atom stereocenters. The summed E-state index contributed by atoms with van der Waals surface area (Å²) in [5.74, 6) is -0.260. The Morgan fingerprint density at radius 2 is 1.80 bits per heavy atom. The Balaban J connectivity index is 2.72. The van der Waals surface area contributed by atoms with E-state index in [0.29, 0.717) is 6.54 Å². The monoisotopic (exact) mass is 284 g/mol. The van der Waals surface area contributed by atoms with Gasteiger partial charge in [-0.25, -0.2) is 0 Å². The predicted octanol–water partition coefficient (Wildman–Crippen LogP) is 1.30. The normalized spacial score (nSPS) is 21.8. The van der Waals surface area contributed by atoms with Gasteiger partial charge in [0.2, 0.25) is 11.8 Å². The maximum atomic E-state index is 12.5. The highest BCUT2D eigenvalue weighted by atomic mass is 16.3. The molecular formula is C15H28N2O3. The number of carbonyl (C=O) groups is 2. The van der Waals surface area contributed by atoms with Crippen molar-refractivity contribution in [3.05, 3.63) is 0 Å². The molecule has 0 aromatic heterocycles. The van der Waals surface area contributed by atoms with Crippen molar-refractivity contribution in [3.63, 3.8) is 0 Å². The standard InChI is InChI=1S/C15H28N2O3/c1-10(16-13(19)14(2,3)4)12(18)17-9-7-8-11(17)15(5,6)20/h10-11,20H,7-9H2,1-6H3,(H,16,19). The summed E-state index contributed by atoms with van der Waals surface area (Å²) in [4.78, 5) is 26.1. The van der Waals surface area contributed by atoms with Crippen molar-refractivity contribution >= 4 is 11.8 Å². The Labute approximate surface area is 121 Å². The molecule has 1 aliphatic rings. The fourth-order valence-corrected chi connectivity index (χ4v) is 2.49. The largest absolute Gasteiger partial charge is 0.388 e. The third-order valence-corrected chi connectivity index (χ3v) is 3.75. The maximum Gasteiger partial charge on any atom is 0.245 e. The van der Waals surface area contributed by atoms with Crippen LogP contribution in [0.1, 0.15) is 54.4 Å². The van der Waals surface area contributed by atoms with Crippen LogP contribution in [0.25, 0.3) is 0 Å². The molecule has 0 aromatic rings. The SMILES string of the molecule is CC(NC(=O)C(C)(C)C)C(=O)N1CCCC1C(C)(C)O. The van der Waals surface area contributed by atoms with Crippen molar-refractivity contribution in [2.75, 3.05) is 6.54 Å². The summed E-state index contributed by atoms with van der Waals surface area (Å²) in [6.45, 7) is 11.2. The van der Waals surface area contributed by atoms with Gasteiger partial charge in [0.15, 0.2) is 0 Å². The number of carbonyl (C=O) groups excluding carboxylic acids is 2. The van der Waals surface area contributed by atoms with Crippen molar-refractivity contribution < 1.29 is 14.7 Å². The van der Waals surface area contributed by atoms with E-state index in [0.717, 1.165) is 12.8 Å². The van der Waals surface area contributed by atoms with Crippen LogP contribution >= 0.6 is 0 Å². The van der Waals surface area contributed by atoms with E-state index in [-0.39, 0.29) is 17.9 Å². The summed E-state index contributed by atoms with van der Waals surface area (Å²) in [6, 6.07) is -0.742. The highest BCUT2D eigenvalue weighted by Crippen LogP contribution is 2.27. The molecule has 20 heavy (non-hydrogen) atoms. The first kappa shape index (κ1) is 17.0. The lowest BCUT2D eigenvalue weighted by Gasteiger charge is -2.35. The summed E-state index contributed by atoms with van der Waals surface area (Å²) in [5.41, 5.74) is -1.44. The first-order valence-corrected chi connectivity index (χ1v) is 7.28. The van der Waals surface area contributed by atoms with E-state index < -0.39 is 17.1 Å². The summed E-state index contributed by atoms with van der Waals surface area (Å²) in [5, 5.41) is 12.9. The van der Waals surface area contributed by atoms with Gasteiger partial charge in [-0.3, -0.25) is 9.59 Å². The molecule has 1 aliphatic heterocycles. The van der Waals surface area contributed by atoms with Crippen LogP contribution in [0.15, 0.2) is 0 Å². The van der Waals surface area contributed by atoms with Gasteiger partial charge in [0.05, 0.1) is 11.6 Å². The second kappa shape index (κ2) is 5.72. The lowest BCUT2D eigenvalue weighted by atomic mass is 9.94. The molecule has 5 nitrogen and oxygen atoms in total. The summed E-state index contributed by atoms with van der Waals surface area (Å²) in [7, 11) is 0. The van der Waals surface area contributed by atoms with Crippen LogP contribution < -0.4 is 5.32 Å². The number of hydrogen-bond donors (Lipinski definition) is 2. The van der Waals surface area contributed by atoms with Crippen molar-refractivity contribution in [1.29, 1.82) is 0 Å². The van der Waals surface area contributed by atoms with Gasteiger partial charge in [-0.05, 0) is 33.6 Å². The van der Waals surface area contributed by atoms with Gasteiger partial charge in [0.1, 0.15) is 6.04 Å². The molecule has 1 rings (SSSR count). The highest BCUT2D eigenvalue weighted by Gasteiger charge is 2.40. The molecule has 0 spiro atoms. The van der Waals surface area contributed by atoms with Gasteiger partial charge < -0.3 is 15.3 Å². The molecule has 1 saturated heterocycles. The number of aliphatic hydroxyl groups is 1. The van der Waals surface area contributed by atoms with E-state index in [1.807, 2.05) is 20.8 Å². The first-order chi connectivity index (χ1) is 8.94. The van der Waals surface area contributed by atoms with Crippen LogP contribution in [0, 0.1) is 5.41 Å². The molecule has 2 amide bonds. The zero-order valence-corrected chi connectivity index (χ0v) is 13.5. The van der Waals surface area contributed by atoms with Crippen molar-refractivity contribution in [2.45, 2.75) is 72.1 Å². The number of likely N-dealkylation sites (tertiary alicyclic amines) is 1. The summed E-state index contributed by atoms with van der Waals surface area (Å²) >= 11 is 0.